The molecule has 0 fully saturated rings. The van der Waals surface area contributed by atoms with Gasteiger partial charge in [0.1, 0.15) is 5.82 Å². The Kier molecular flexibility index (Phi) is 6.41. The standard InChI is InChI=1S/C15H29N3/c1-6-9-13(16-8-3)14(7-2)18-11-10-17-15(18)12(4)5/h10-14,16H,6-9H2,1-5H3. The van der Waals surface area contributed by atoms with Crippen LogP contribution in [-0.4, -0.2) is 22.1 Å². The van der Waals surface area contributed by atoms with Crippen molar-refractivity contribution in [3.05, 3.63) is 18.2 Å². The van der Waals surface area contributed by atoms with Gasteiger partial charge in [-0.05, 0) is 19.4 Å². The van der Waals surface area contributed by atoms with E-state index in [1.165, 1.54) is 18.7 Å². The third-order valence-corrected chi connectivity index (χ3v) is 3.52. The van der Waals surface area contributed by atoms with Crippen LogP contribution < -0.4 is 5.32 Å². The molecular formula is C15H29N3. The highest BCUT2D eigenvalue weighted by Crippen LogP contribution is 2.24. The zero-order valence-corrected chi connectivity index (χ0v) is 12.6. The van der Waals surface area contributed by atoms with E-state index in [4.69, 9.17) is 0 Å². The summed E-state index contributed by atoms with van der Waals surface area (Å²) in [7, 11) is 0. The summed E-state index contributed by atoms with van der Waals surface area (Å²) in [5.74, 6) is 1.69. The first-order valence-corrected chi connectivity index (χ1v) is 7.41. The SMILES string of the molecule is CCCC(NCC)C(CC)n1ccnc1C(C)C. The fraction of sp³-hybridized carbons (Fsp3) is 0.800. The molecule has 0 radical (unpaired) electrons. The molecule has 0 saturated heterocycles. The van der Waals surface area contributed by atoms with Crippen molar-refractivity contribution in [2.45, 2.75) is 71.9 Å². The summed E-state index contributed by atoms with van der Waals surface area (Å²) in [6.45, 7) is 12.2. The van der Waals surface area contributed by atoms with Crippen LogP contribution in [-0.2, 0) is 0 Å². The Hall–Kier alpha value is -0.830. The average molecular weight is 251 g/mol. The Morgan fingerprint density at radius 2 is 2.00 bits per heavy atom. The highest BCUT2D eigenvalue weighted by molar-refractivity contribution is 5.01. The molecule has 0 aliphatic heterocycles. The highest BCUT2D eigenvalue weighted by Gasteiger charge is 2.22. The lowest BCUT2D eigenvalue weighted by molar-refractivity contribution is 0.316. The normalized spacial score (nSPS) is 15.0. The van der Waals surface area contributed by atoms with Crippen LogP contribution in [0.2, 0.25) is 0 Å². The van der Waals surface area contributed by atoms with Gasteiger partial charge in [-0.25, -0.2) is 4.98 Å². The second-order valence-electron chi connectivity index (χ2n) is 5.28. The van der Waals surface area contributed by atoms with Crippen molar-refractivity contribution in [1.82, 2.24) is 14.9 Å². The van der Waals surface area contributed by atoms with Crippen LogP contribution in [0.25, 0.3) is 0 Å². The van der Waals surface area contributed by atoms with E-state index in [1.54, 1.807) is 0 Å². The van der Waals surface area contributed by atoms with Gasteiger partial charge in [0.05, 0.1) is 0 Å². The van der Waals surface area contributed by atoms with Crippen molar-refractivity contribution < 1.29 is 0 Å². The van der Waals surface area contributed by atoms with Crippen LogP contribution in [0.5, 0.6) is 0 Å². The first kappa shape index (κ1) is 15.2. The Labute approximate surface area is 112 Å². The van der Waals surface area contributed by atoms with E-state index in [0.717, 1.165) is 13.0 Å². The highest BCUT2D eigenvalue weighted by atomic mass is 15.1. The van der Waals surface area contributed by atoms with Gasteiger partial charge < -0.3 is 9.88 Å². The van der Waals surface area contributed by atoms with Crippen molar-refractivity contribution in [1.29, 1.82) is 0 Å². The van der Waals surface area contributed by atoms with E-state index in [2.05, 4.69) is 55.7 Å². The molecule has 3 heteroatoms. The van der Waals surface area contributed by atoms with Gasteiger partial charge in [-0.15, -0.1) is 0 Å². The largest absolute Gasteiger partial charge is 0.330 e. The van der Waals surface area contributed by atoms with Crippen LogP contribution in [0.1, 0.15) is 71.7 Å². The van der Waals surface area contributed by atoms with Gasteiger partial charge >= 0.3 is 0 Å². The number of hydrogen-bond acceptors (Lipinski definition) is 2. The van der Waals surface area contributed by atoms with Crippen LogP contribution in [0.4, 0.5) is 0 Å². The minimum Gasteiger partial charge on any atom is -0.330 e. The van der Waals surface area contributed by atoms with E-state index in [-0.39, 0.29) is 0 Å². The van der Waals surface area contributed by atoms with Crippen LogP contribution in [0, 0.1) is 0 Å². The summed E-state index contributed by atoms with van der Waals surface area (Å²) in [6, 6.07) is 1.07. The smallest absolute Gasteiger partial charge is 0.111 e. The maximum absolute atomic E-state index is 4.52. The summed E-state index contributed by atoms with van der Waals surface area (Å²) in [5.41, 5.74) is 0. The molecule has 0 saturated carbocycles. The second kappa shape index (κ2) is 7.57. The second-order valence-corrected chi connectivity index (χ2v) is 5.28. The zero-order chi connectivity index (χ0) is 13.5. The molecule has 0 aromatic carbocycles. The topological polar surface area (TPSA) is 29.9 Å². The van der Waals surface area contributed by atoms with E-state index < -0.39 is 0 Å². The molecule has 18 heavy (non-hydrogen) atoms. The van der Waals surface area contributed by atoms with Gasteiger partial charge in [0.2, 0.25) is 0 Å². The minimum atomic E-state index is 0.484. The molecule has 2 unspecified atom stereocenters. The summed E-state index contributed by atoms with van der Waals surface area (Å²) >= 11 is 0. The molecule has 0 spiro atoms. The molecule has 0 amide bonds. The fourth-order valence-electron chi connectivity index (χ4n) is 2.73. The van der Waals surface area contributed by atoms with Gasteiger partial charge in [-0.3, -0.25) is 0 Å². The molecular weight excluding hydrogens is 222 g/mol. The van der Waals surface area contributed by atoms with Crippen molar-refractivity contribution in [2.75, 3.05) is 6.54 Å². The maximum Gasteiger partial charge on any atom is 0.111 e. The van der Waals surface area contributed by atoms with E-state index in [0.29, 0.717) is 18.0 Å². The summed E-state index contributed by atoms with van der Waals surface area (Å²) in [5, 5.41) is 3.64. The maximum atomic E-state index is 4.52. The van der Waals surface area contributed by atoms with Crippen molar-refractivity contribution in [3.8, 4) is 0 Å². The summed E-state index contributed by atoms with van der Waals surface area (Å²) in [4.78, 5) is 4.52. The fourth-order valence-corrected chi connectivity index (χ4v) is 2.73. The molecule has 0 aliphatic carbocycles. The van der Waals surface area contributed by atoms with Gasteiger partial charge in [0.25, 0.3) is 0 Å². The van der Waals surface area contributed by atoms with Gasteiger partial charge in [-0.1, -0.05) is 41.0 Å². The Morgan fingerprint density at radius 3 is 2.50 bits per heavy atom. The van der Waals surface area contributed by atoms with Crippen LogP contribution in [0.15, 0.2) is 12.4 Å². The Bertz CT molecular complexity index is 324. The molecule has 1 heterocycles. The third kappa shape index (κ3) is 3.58. The number of nitrogens with zero attached hydrogens (tertiary/aromatic N) is 2. The first-order chi connectivity index (χ1) is 8.65. The molecule has 0 aliphatic rings. The summed E-state index contributed by atoms with van der Waals surface area (Å²) in [6.07, 6.45) is 7.67. The lowest BCUT2D eigenvalue weighted by Gasteiger charge is -2.30. The van der Waals surface area contributed by atoms with Crippen LogP contribution >= 0.6 is 0 Å². The molecule has 1 rings (SSSR count). The molecule has 104 valence electrons. The minimum absolute atomic E-state index is 0.484. The number of hydrogen-bond donors (Lipinski definition) is 1. The van der Waals surface area contributed by atoms with Crippen molar-refractivity contribution in [3.63, 3.8) is 0 Å². The van der Waals surface area contributed by atoms with Crippen molar-refractivity contribution >= 4 is 0 Å². The molecule has 0 bridgehead atoms. The van der Waals surface area contributed by atoms with Gasteiger partial charge in [0, 0.05) is 30.4 Å². The Morgan fingerprint density at radius 1 is 1.28 bits per heavy atom. The number of imidazole rings is 1. The number of likely N-dealkylation sites (N-methyl/N-ethyl adjacent to an activating group) is 1. The zero-order valence-electron chi connectivity index (χ0n) is 12.6. The molecule has 1 aromatic heterocycles. The average Bonchev–Trinajstić information content (AvgIpc) is 2.80. The third-order valence-electron chi connectivity index (χ3n) is 3.52. The van der Waals surface area contributed by atoms with E-state index in [9.17, 15) is 0 Å². The predicted octanol–water partition coefficient (Wildman–Crippen LogP) is 3.74. The first-order valence-electron chi connectivity index (χ1n) is 7.41. The van der Waals surface area contributed by atoms with Gasteiger partial charge in [-0.2, -0.15) is 0 Å². The molecule has 1 N–H and O–H groups in total. The number of rotatable bonds is 8. The lowest BCUT2D eigenvalue weighted by atomic mass is 9.99. The molecule has 2 atom stereocenters. The monoisotopic (exact) mass is 251 g/mol. The summed E-state index contributed by atoms with van der Waals surface area (Å²) < 4.78 is 2.38. The van der Waals surface area contributed by atoms with Crippen molar-refractivity contribution in [2.24, 2.45) is 0 Å². The van der Waals surface area contributed by atoms with E-state index in [1.807, 2.05) is 6.20 Å². The van der Waals surface area contributed by atoms with Gasteiger partial charge in [0.15, 0.2) is 0 Å². The van der Waals surface area contributed by atoms with E-state index >= 15 is 0 Å². The Balaban J connectivity index is 2.95. The quantitative estimate of drug-likeness (QED) is 0.763. The predicted molar refractivity (Wildman–Crippen MR) is 78.0 cm³/mol. The lowest BCUT2D eigenvalue weighted by Crippen LogP contribution is -2.37. The van der Waals surface area contributed by atoms with Crippen LogP contribution in [0.3, 0.4) is 0 Å². The molecule has 1 aromatic rings. The molecule has 3 nitrogen and oxygen atoms in total. The number of nitrogens with one attached hydrogen (secondary N) is 1. The number of aromatic nitrogens is 2.